The molecule has 0 aromatic heterocycles. The SMILES string of the molecule is CS(=O)(=O)N1CC(O)C2(CC2)C1. The Bertz CT molecular complexity index is 294. The molecule has 4 nitrogen and oxygen atoms in total. The first-order valence-corrected chi connectivity index (χ1v) is 5.92. The van der Waals surface area contributed by atoms with E-state index in [2.05, 4.69) is 0 Å². The predicted molar refractivity (Wildman–Crippen MR) is 44.1 cm³/mol. The molecule has 1 atom stereocenters. The third-order valence-corrected chi connectivity index (χ3v) is 4.15. The van der Waals surface area contributed by atoms with Gasteiger partial charge in [-0.1, -0.05) is 0 Å². The zero-order valence-electron chi connectivity index (χ0n) is 7.02. The van der Waals surface area contributed by atoms with E-state index in [4.69, 9.17) is 0 Å². The number of aliphatic hydroxyl groups excluding tert-OH is 1. The summed E-state index contributed by atoms with van der Waals surface area (Å²) in [6.45, 7) is 0.811. The van der Waals surface area contributed by atoms with Crippen molar-refractivity contribution in [1.82, 2.24) is 4.31 Å². The molecule has 0 radical (unpaired) electrons. The van der Waals surface area contributed by atoms with Crippen LogP contribution in [-0.4, -0.2) is 43.3 Å². The standard InChI is InChI=1S/C7H13NO3S/c1-12(10,11)8-4-6(9)7(5-8)2-3-7/h6,9H,2-5H2,1H3. The van der Waals surface area contributed by atoms with Gasteiger partial charge < -0.3 is 5.11 Å². The third-order valence-electron chi connectivity index (χ3n) is 2.94. The van der Waals surface area contributed by atoms with Crippen molar-refractivity contribution in [2.24, 2.45) is 5.41 Å². The molecule has 1 heterocycles. The molecule has 0 amide bonds. The van der Waals surface area contributed by atoms with Gasteiger partial charge in [0.2, 0.25) is 10.0 Å². The van der Waals surface area contributed by atoms with E-state index in [9.17, 15) is 13.5 Å². The highest BCUT2D eigenvalue weighted by Gasteiger charge is 2.56. The largest absolute Gasteiger partial charge is 0.391 e. The van der Waals surface area contributed by atoms with Gasteiger partial charge in [-0.25, -0.2) is 8.42 Å². The summed E-state index contributed by atoms with van der Waals surface area (Å²) in [4.78, 5) is 0. The van der Waals surface area contributed by atoms with Gasteiger partial charge in [0.25, 0.3) is 0 Å². The molecule has 0 aromatic rings. The Morgan fingerprint density at radius 2 is 2.08 bits per heavy atom. The van der Waals surface area contributed by atoms with Crippen molar-refractivity contribution in [2.45, 2.75) is 18.9 Å². The summed E-state index contributed by atoms with van der Waals surface area (Å²) in [6.07, 6.45) is 2.70. The number of nitrogens with zero attached hydrogens (tertiary/aromatic N) is 1. The molecule has 2 aliphatic rings. The molecule has 1 aliphatic carbocycles. The minimum Gasteiger partial charge on any atom is -0.391 e. The molecule has 12 heavy (non-hydrogen) atoms. The van der Waals surface area contributed by atoms with Crippen LogP contribution in [0, 0.1) is 5.41 Å². The number of hydrogen-bond acceptors (Lipinski definition) is 3. The van der Waals surface area contributed by atoms with E-state index in [1.165, 1.54) is 10.6 Å². The molecular formula is C7H13NO3S. The van der Waals surface area contributed by atoms with Gasteiger partial charge in [-0.3, -0.25) is 0 Å². The van der Waals surface area contributed by atoms with Crippen molar-refractivity contribution in [3.8, 4) is 0 Å². The highest BCUT2D eigenvalue weighted by molar-refractivity contribution is 7.88. The maximum Gasteiger partial charge on any atom is 0.211 e. The molecule has 0 aromatic carbocycles. The van der Waals surface area contributed by atoms with Crippen molar-refractivity contribution in [1.29, 1.82) is 0 Å². The normalized spacial score (nSPS) is 34.3. The Morgan fingerprint density at radius 1 is 1.50 bits per heavy atom. The number of aliphatic hydroxyl groups is 1. The van der Waals surface area contributed by atoms with E-state index in [1.807, 2.05) is 0 Å². The lowest BCUT2D eigenvalue weighted by Gasteiger charge is -2.11. The van der Waals surface area contributed by atoms with Gasteiger partial charge in [0.1, 0.15) is 0 Å². The molecule has 70 valence electrons. The summed E-state index contributed by atoms with van der Waals surface area (Å²) in [5.74, 6) is 0. The fourth-order valence-corrected chi connectivity index (χ4v) is 2.72. The van der Waals surface area contributed by atoms with Gasteiger partial charge in [0.05, 0.1) is 12.4 Å². The molecule has 5 heteroatoms. The molecule has 2 rings (SSSR count). The molecule has 2 fully saturated rings. The van der Waals surface area contributed by atoms with Gasteiger partial charge in [-0.2, -0.15) is 4.31 Å². The average molecular weight is 191 g/mol. The van der Waals surface area contributed by atoms with Crippen LogP contribution in [0.15, 0.2) is 0 Å². The van der Waals surface area contributed by atoms with Crippen LogP contribution in [-0.2, 0) is 10.0 Å². The Hall–Kier alpha value is -0.130. The van der Waals surface area contributed by atoms with E-state index in [0.29, 0.717) is 13.1 Å². The Kier molecular flexibility index (Phi) is 1.56. The van der Waals surface area contributed by atoms with E-state index < -0.39 is 16.1 Å². The van der Waals surface area contributed by atoms with Crippen LogP contribution in [0.2, 0.25) is 0 Å². The summed E-state index contributed by atoms with van der Waals surface area (Å²) < 4.78 is 23.6. The van der Waals surface area contributed by atoms with Crippen molar-refractivity contribution in [3.63, 3.8) is 0 Å². The Labute approximate surface area is 72.2 Å². The van der Waals surface area contributed by atoms with E-state index in [1.54, 1.807) is 0 Å². The first kappa shape index (κ1) is 8.47. The van der Waals surface area contributed by atoms with Crippen molar-refractivity contribution >= 4 is 10.0 Å². The Morgan fingerprint density at radius 3 is 2.33 bits per heavy atom. The number of rotatable bonds is 1. The van der Waals surface area contributed by atoms with Gasteiger partial charge in [-0.05, 0) is 12.8 Å². The molecule has 1 aliphatic heterocycles. The van der Waals surface area contributed by atoms with Gasteiger partial charge >= 0.3 is 0 Å². The quantitative estimate of drug-likeness (QED) is 0.602. The minimum absolute atomic E-state index is 0.0664. The second-order valence-corrected chi connectivity index (χ2v) is 5.92. The summed E-state index contributed by atoms with van der Waals surface area (Å²) in [5.41, 5.74) is -0.0664. The van der Waals surface area contributed by atoms with Crippen LogP contribution in [0.3, 0.4) is 0 Å². The Balaban J connectivity index is 2.17. The summed E-state index contributed by atoms with van der Waals surface area (Å²) in [6, 6.07) is 0. The van der Waals surface area contributed by atoms with E-state index in [0.717, 1.165) is 12.8 Å². The first-order chi connectivity index (χ1) is 5.44. The fraction of sp³-hybridized carbons (Fsp3) is 1.00. The monoisotopic (exact) mass is 191 g/mol. The molecule has 1 saturated heterocycles. The van der Waals surface area contributed by atoms with Crippen molar-refractivity contribution in [2.75, 3.05) is 19.3 Å². The predicted octanol–water partition coefficient (Wildman–Crippen LogP) is -0.597. The summed E-state index contributed by atoms with van der Waals surface area (Å²) in [7, 11) is -3.09. The molecule has 1 N–H and O–H groups in total. The van der Waals surface area contributed by atoms with Crippen molar-refractivity contribution in [3.05, 3.63) is 0 Å². The lowest BCUT2D eigenvalue weighted by Crippen LogP contribution is -2.28. The molecule has 1 spiro atoms. The average Bonchev–Trinajstić information content (AvgIpc) is 2.57. The maximum absolute atomic E-state index is 11.1. The fourth-order valence-electron chi connectivity index (χ4n) is 1.81. The smallest absolute Gasteiger partial charge is 0.211 e. The maximum atomic E-state index is 11.1. The summed E-state index contributed by atoms with van der Waals surface area (Å²) in [5, 5.41) is 9.55. The molecular weight excluding hydrogens is 178 g/mol. The number of hydrogen-bond donors (Lipinski definition) is 1. The zero-order chi connectivity index (χ0) is 8.98. The first-order valence-electron chi connectivity index (χ1n) is 4.07. The third kappa shape index (κ3) is 1.16. The van der Waals surface area contributed by atoms with Gasteiger partial charge in [-0.15, -0.1) is 0 Å². The van der Waals surface area contributed by atoms with Crippen LogP contribution >= 0.6 is 0 Å². The second kappa shape index (κ2) is 2.21. The lowest BCUT2D eigenvalue weighted by molar-refractivity contribution is 0.134. The lowest BCUT2D eigenvalue weighted by atomic mass is 10.0. The molecule has 1 unspecified atom stereocenters. The van der Waals surface area contributed by atoms with Gasteiger partial charge in [0, 0.05) is 18.5 Å². The molecule has 1 saturated carbocycles. The second-order valence-electron chi connectivity index (χ2n) is 3.93. The molecule has 0 bridgehead atoms. The topological polar surface area (TPSA) is 57.6 Å². The van der Waals surface area contributed by atoms with Crippen LogP contribution < -0.4 is 0 Å². The van der Waals surface area contributed by atoms with Crippen molar-refractivity contribution < 1.29 is 13.5 Å². The van der Waals surface area contributed by atoms with E-state index >= 15 is 0 Å². The number of sulfonamides is 1. The zero-order valence-corrected chi connectivity index (χ0v) is 7.84. The van der Waals surface area contributed by atoms with Crippen LogP contribution in [0.5, 0.6) is 0 Å². The van der Waals surface area contributed by atoms with Crippen LogP contribution in [0.4, 0.5) is 0 Å². The minimum atomic E-state index is -3.09. The van der Waals surface area contributed by atoms with Gasteiger partial charge in [0.15, 0.2) is 0 Å². The summed E-state index contributed by atoms with van der Waals surface area (Å²) >= 11 is 0. The highest BCUT2D eigenvalue weighted by Crippen LogP contribution is 2.53. The van der Waals surface area contributed by atoms with E-state index in [-0.39, 0.29) is 5.41 Å². The van der Waals surface area contributed by atoms with Crippen LogP contribution in [0.1, 0.15) is 12.8 Å². The highest BCUT2D eigenvalue weighted by atomic mass is 32.2. The number of β-amino-alcohol motifs (C(OH)–C–C–N with tert-alkyl or cyclic N) is 1. The van der Waals surface area contributed by atoms with Crippen LogP contribution in [0.25, 0.3) is 0 Å².